The van der Waals surface area contributed by atoms with Crippen LogP contribution in [0.4, 0.5) is 0 Å². The van der Waals surface area contributed by atoms with Crippen LogP contribution in [0.1, 0.15) is 12.0 Å². The first kappa shape index (κ1) is 14.7. The lowest BCUT2D eigenvalue weighted by atomic mass is 10.2. The zero-order valence-electron chi connectivity index (χ0n) is 11.1. The maximum Gasteiger partial charge on any atom is 0.224 e. The minimum Gasteiger partial charge on any atom is -0.341 e. The van der Waals surface area contributed by atoms with Crippen LogP contribution < -0.4 is 5.32 Å². The van der Waals surface area contributed by atoms with Gasteiger partial charge in [-0.1, -0.05) is 29.8 Å². The van der Waals surface area contributed by atoms with Crippen molar-refractivity contribution in [3.05, 3.63) is 34.9 Å². The molecule has 1 aliphatic rings. The Morgan fingerprint density at radius 3 is 3.00 bits per heavy atom. The molecule has 1 aliphatic heterocycles. The molecule has 1 N–H and O–H groups in total. The van der Waals surface area contributed by atoms with Gasteiger partial charge in [0, 0.05) is 49.1 Å². The van der Waals surface area contributed by atoms with Gasteiger partial charge in [0.05, 0.1) is 0 Å². The molecule has 0 spiro atoms. The Morgan fingerprint density at radius 2 is 2.32 bits per heavy atom. The van der Waals surface area contributed by atoms with Gasteiger partial charge in [0.25, 0.3) is 0 Å². The van der Waals surface area contributed by atoms with Gasteiger partial charge in [0.1, 0.15) is 0 Å². The van der Waals surface area contributed by atoms with Crippen molar-refractivity contribution in [2.75, 3.05) is 25.1 Å². The molecule has 5 heteroatoms. The Bertz CT molecular complexity index is 435. The van der Waals surface area contributed by atoms with Gasteiger partial charge in [-0.3, -0.25) is 4.79 Å². The third-order valence-electron chi connectivity index (χ3n) is 3.21. The quantitative estimate of drug-likeness (QED) is 0.926. The lowest BCUT2D eigenvalue weighted by Gasteiger charge is -2.25. The molecule has 104 valence electrons. The smallest absolute Gasteiger partial charge is 0.224 e. The first-order valence-electron chi connectivity index (χ1n) is 6.45. The van der Waals surface area contributed by atoms with Gasteiger partial charge < -0.3 is 10.2 Å². The van der Waals surface area contributed by atoms with Crippen molar-refractivity contribution in [2.45, 2.75) is 19.0 Å². The predicted molar refractivity (Wildman–Crippen MR) is 81.7 cm³/mol. The third kappa shape index (κ3) is 4.41. The monoisotopic (exact) mass is 298 g/mol. The molecule has 0 aliphatic carbocycles. The van der Waals surface area contributed by atoms with Crippen LogP contribution in [0, 0.1) is 0 Å². The standard InChI is InChI=1S/C14H19ClN2OS/c1-17(9-11-4-2-3-5-13(11)15)14(18)8-12-10-19-7-6-16-12/h2-5,12,16H,6-10H2,1H3. The normalized spacial score (nSPS) is 19.2. The van der Waals surface area contributed by atoms with E-state index in [1.165, 1.54) is 0 Å². The fraction of sp³-hybridized carbons (Fsp3) is 0.500. The van der Waals surface area contributed by atoms with E-state index >= 15 is 0 Å². The van der Waals surface area contributed by atoms with E-state index in [9.17, 15) is 4.79 Å². The number of carbonyl (C=O) groups is 1. The minimum absolute atomic E-state index is 0.167. The van der Waals surface area contributed by atoms with Crippen LogP contribution in [0.25, 0.3) is 0 Å². The highest BCUT2D eigenvalue weighted by atomic mass is 35.5. The first-order chi connectivity index (χ1) is 9.16. The van der Waals surface area contributed by atoms with Gasteiger partial charge in [-0.25, -0.2) is 0 Å². The number of nitrogens with zero attached hydrogens (tertiary/aromatic N) is 1. The highest BCUT2D eigenvalue weighted by Gasteiger charge is 2.19. The van der Waals surface area contributed by atoms with E-state index in [1.807, 2.05) is 43.1 Å². The average molecular weight is 299 g/mol. The molecular formula is C14H19ClN2OS. The number of carbonyl (C=O) groups excluding carboxylic acids is 1. The lowest BCUT2D eigenvalue weighted by Crippen LogP contribution is -2.41. The second-order valence-electron chi connectivity index (χ2n) is 4.77. The Kier molecular flexibility index (Phi) is 5.55. The van der Waals surface area contributed by atoms with E-state index in [0.717, 1.165) is 23.6 Å². The van der Waals surface area contributed by atoms with E-state index in [4.69, 9.17) is 11.6 Å². The van der Waals surface area contributed by atoms with Crippen molar-refractivity contribution in [3.63, 3.8) is 0 Å². The fourth-order valence-electron chi connectivity index (χ4n) is 2.09. The SMILES string of the molecule is CN(Cc1ccccc1Cl)C(=O)CC1CSCCN1. The maximum atomic E-state index is 12.2. The van der Waals surface area contributed by atoms with Crippen molar-refractivity contribution in [1.82, 2.24) is 10.2 Å². The topological polar surface area (TPSA) is 32.3 Å². The number of halogens is 1. The van der Waals surface area contributed by atoms with Gasteiger partial charge in [0.2, 0.25) is 5.91 Å². The van der Waals surface area contributed by atoms with Crippen molar-refractivity contribution in [1.29, 1.82) is 0 Å². The fourth-order valence-corrected chi connectivity index (χ4v) is 3.23. The molecule has 1 saturated heterocycles. The molecule has 1 atom stereocenters. The largest absolute Gasteiger partial charge is 0.341 e. The minimum atomic E-state index is 0.167. The Hall–Kier alpha value is -0.710. The van der Waals surface area contributed by atoms with Crippen molar-refractivity contribution < 1.29 is 4.79 Å². The van der Waals surface area contributed by atoms with Crippen LogP contribution in [0.2, 0.25) is 5.02 Å². The number of rotatable bonds is 4. The summed E-state index contributed by atoms with van der Waals surface area (Å²) in [7, 11) is 1.83. The summed E-state index contributed by atoms with van der Waals surface area (Å²) in [6.07, 6.45) is 0.563. The van der Waals surface area contributed by atoms with Crippen LogP contribution in [0.15, 0.2) is 24.3 Å². The number of hydrogen-bond acceptors (Lipinski definition) is 3. The lowest BCUT2D eigenvalue weighted by molar-refractivity contribution is -0.130. The highest BCUT2D eigenvalue weighted by molar-refractivity contribution is 7.99. The highest BCUT2D eigenvalue weighted by Crippen LogP contribution is 2.17. The van der Waals surface area contributed by atoms with Crippen LogP contribution in [-0.2, 0) is 11.3 Å². The molecule has 1 amide bonds. The summed E-state index contributed by atoms with van der Waals surface area (Å²) in [6.45, 7) is 1.56. The Balaban J connectivity index is 1.87. The summed E-state index contributed by atoms with van der Waals surface area (Å²) in [6, 6.07) is 7.96. The van der Waals surface area contributed by atoms with Gasteiger partial charge in [-0.05, 0) is 11.6 Å². The predicted octanol–water partition coefficient (Wildman–Crippen LogP) is 2.39. The molecule has 19 heavy (non-hydrogen) atoms. The van der Waals surface area contributed by atoms with Crippen LogP contribution in [0.5, 0.6) is 0 Å². The molecule has 3 nitrogen and oxygen atoms in total. The van der Waals surface area contributed by atoms with Crippen molar-refractivity contribution in [3.8, 4) is 0 Å². The Morgan fingerprint density at radius 1 is 1.53 bits per heavy atom. The first-order valence-corrected chi connectivity index (χ1v) is 7.98. The van der Waals surface area contributed by atoms with Crippen LogP contribution >= 0.6 is 23.4 Å². The molecule has 2 rings (SSSR count). The van der Waals surface area contributed by atoms with E-state index in [-0.39, 0.29) is 5.91 Å². The number of amides is 1. The zero-order valence-corrected chi connectivity index (χ0v) is 12.6. The molecule has 1 aromatic carbocycles. The van der Waals surface area contributed by atoms with E-state index in [1.54, 1.807) is 4.90 Å². The number of hydrogen-bond donors (Lipinski definition) is 1. The summed E-state index contributed by atoms with van der Waals surface area (Å²) in [5.74, 6) is 2.33. The van der Waals surface area contributed by atoms with E-state index in [0.29, 0.717) is 24.0 Å². The van der Waals surface area contributed by atoms with Crippen LogP contribution in [-0.4, -0.2) is 41.9 Å². The number of benzene rings is 1. The number of nitrogens with one attached hydrogen (secondary N) is 1. The summed E-state index contributed by atoms with van der Waals surface area (Å²) < 4.78 is 0. The molecule has 0 saturated carbocycles. The molecule has 1 fully saturated rings. The van der Waals surface area contributed by atoms with Crippen molar-refractivity contribution >= 4 is 29.3 Å². The van der Waals surface area contributed by atoms with Gasteiger partial charge >= 0.3 is 0 Å². The average Bonchev–Trinajstić information content (AvgIpc) is 2.42. The van der Waals surface area contributed by atoms with Gasteiger partial charge in [0.15, 0.2) is 0 Å². The molecular weight excluding hydrogens is 280 g/mol. The molecule has 0 aromatic heterocycles. The van der Waals surface area contributed by atoms with Gasteiger partial charge in [-0.2, -0.15) is 11.8 Å². The second kappa shape index (κ2) is 7.17. The van der Waals surface area contributed by atoms with E-state index < -0.39 is 0 Å². The number of thioether (sulfide) groups is 1. The third-order valence-corrected chi connectivity index (χ3v) is 4.71. The summed E-state index contributed by atoms with van der Waals surface area (Å²) in [4.78, 5) is 13.9. The maximum absolute atomic E-state index is 12.2. The summed E-state index contributed by atoms with van der Waals surface area (Å²) in [5.41, 5.74) is 0.992. The summed E-state index contributed by atoms with van der Waals surface area (Å²) >= 11 is 8.02. The summed E-state index contributed by atoms with van der Waals surface area (Å²) in [5, 5.41) is 4.10. The second-order valence-corrected chi connectivity index (χ2v) is 6.33. The molecule has 1 heterocycles. The zero-order chi connectivity index (χ0) is 13.7. The Labute approximate surface area is 123 Å². The van der Waals surface area contributed by atoms with E-state index in [2.05, 4.69) is 5.32 Å². The van der Waals surface area contributed by atoms with Gasteiger partial charge in [-0.15, -0.1) is 0 Å². The molecule has 0 bridgehead atoms. The van der Waals surface area contributed by atoms with Crippen molar-refractivity contribution in [2.24, 2.45) is 0 Å². The molecule has 0 radical (unpaired) electrons. The van der Waals surface area contributed by atoms with Crippen LogP contribution in [0.3, 0.4) is 0 Å². The molecule has 1 aromatic rings. The molecule has 1 unspecified atom stereocenters.